The molecule has 0 radical (unpaired) electrons. The Kier molecular flexibility index (Phi) is 3.09. The van der Waals surface area contributed by atoms with Gasteiger partial charge in [0.1, 0.15) is 0 Å². The Morgan fingerprint density at radius 2 is 1.77 bits per heavy atom. The first kappa shape index (κ1) is 10.3. The zero-order chi connectivity index (χ0) is 10.0. The molecule has 0 atom stereocenters. The number of anilines is 1. The fourth-order valence-electron chi connectivity index (χ4n) is 0.944. The van der Waals surface area contributed by atoms with E-state index in [1.54, 1.807) is 0 Å². The van der Waals surface area contributed by atoms with Gasteiger partial charge in [-0.1, -0.05) is 11.6 Å². The zero-order valence-electron chi connectivity index (χ0n) is 7.37. The van der Waals surface area contributed by atoms with Crippen LogP contribution in [0.3, 0.4) is 0 Å². The average molecular weight is 206 g/mol. The second-order valence-electron chi connectivity index (χ2n) is 3.05. The first-order valence-electron chi connectivity index (χ1n) is 3.92. The lowest BCUT2D eigenvalue weighted by atomic mass is 10.2. The lowest BCUT2D eigenvalue weighted by Gasteiger charge is -2.11. The molecule has 72 valence electrons. The summed E-state index contributed by atoms with van der Waals surface area (Å²) in [6, 6.07) is 2.14. The maximum atomic E-state index is 12.7. The minimum absolute atomic E-state index is 0.127. The maximum Gasteiger partial charge on any atom is 0.160 e. The third-order valence-corrected chi connectivity index (χ3v) is 1.77. The monoisotopic (exact) mass is 205 g/mol. The molecule has 0 aliphatic rings. The van der Waals surface area contributed by atoms with E-state index in [1.807, 2.05) is 13.8 Å². The van der Waals surface area contributed by atoms with Gasteiger partial charge in [-0.2, -0.15) is 0 Å². The van der Waals surface area contributed by atoms with Crippen LogP contribution in [0.15, 0.2) is 12.1 Å². The molecular formula is C9H10ClF2N. The average Bonchev–Trinajstić information content (AvgIpc) is 1.99. The number of benzene rings is 1. The highest BCUT2D eigenvalue weighted by molar-refractivity contribution is 6.33. The molecule has 13 heavy (non-hydrogen) atoms. The molecule has 0 amide bonds. The topological polar surface area (TPSA) is 12.0 Å². The van der Waals surface area contributed by atoms with Gasteiger partial charge in [-0.05, 0) is 19.9 Å². The van der Waals surface area contributed by atoms with E-state index in [-0.39, 0.29) is 11.1 Å². The molecule has 1 aromatic carbocycles. The molecule has 0 spiro atoms. The lowest BCUT2D eigenvalue weighted by Crippen LogP contribution is -2.10. The molecule has 1 aromatic rings. The molecule has 0 aliphatic carbocycles. The largest absolute Gasteiger partial charge is 0.382 e. The van der Waals surface area contributed by atoms with Crippen LogP contribution >= 0.6 is 11.6 Å². The van der Waals surface area contributed by atoms with Gasteiger partial charge in [-0.15, -0.1) is 0 Å². The highest BCUT2D eigenvalue weighted by atomic mass is 35.5. The van der Waals surface area contributed by atoms with E-state index in [0.717, 1.165) is 12.1 Å². The molecule has 0 aromatic heterocycles. The van der Waals surface area contributed by atoms with Crippen LogP contribution in [0.2, 0.25) is 5.02 Å². The van der Waals surface area contributed by atoms with Crippen molar-refractivity contribution in [3.63, 3.8) is 0 Å². The highest BCUT2D eigenvalue weighted by Gasteiger charge is 2.08. The Morgan fingerprint density at radius 1 is 1.23 bits per heavy atom. The Balaban J connectivity index is 3.01. The Morgan fingerprint density at radius 3 is 2.31 bits per heavy atom. The predicted octanol–water partition coefficient (Wildman–Crippen LogP) is 3.44. The van der Waals surface area contributed by atoms with Gasteiger partial charge in [0.2, 0.25) is 0 Å². The zero-order valence-corrected chi connectivity index (χ0v) is 8.12. The summed E-state index contributed by atoms with van der Waals surface area (Å²) in [6.45, 7) is 3.77. The molecule has 1 nitrogen and oxygen atoms in total. The van der Waals surface area contributed by atoms with Gasteiger partial charge < -0.3 is 5.32 Å². The smallest absolute Gasteiger partial charge is 0.160 e. The van der Waals surface area contributed by atoms with Crippen LogP contribution in [0.25, 0.3) is 0 Å². The summed E-state index contributed by atoms with van der Waals surface area (Å²) in [5.74, 6) is -1.83. The number of halogens is 3. The lowest BCUT2D eigenvalue weighted by molar-refractivity contribution is 0.509. The van der Waals surface area contributed by atoms with E-state index >= 15 is 0 Å². The normalized spacial score (nSPS) is 10.6. The van der Waals surface area contributed by atoms with Crippen LogP contribution in [0.1, 0.15) is 13.8 Å². The molecule has 1 N–H and O–H groups in total. The van der Waals surface area contributed by atoms with Gasteiger partial charge in [0.05, 0.1) is 10.7 Å². The van der Waals surface area contributed by atoms with Crippen LogP contribution in [-0.4, -0.2) is 6.04 Å². The summed E-state index contributed by atoms with van der Waals surface area (Å²) in [5, 5.41) is 3.09. The third kappa shape index (κ3) is 2.56. The predicted molar refractivity (Wildman–Crippen MR) is 50.1 cm³/mol. The van der Waals surface area contributed by atoms with Crippen LogP contribution in [0.5, 0.6) is 0 Å². The van der Waals surface area contributed by atoms with Crippen LogP contribution in [-0.2, 0) is 0 Å². The Hall–Kier alpha value is -0.830. The van der Waals surface area contributed by atoms with Crippen molar-refractivity contribution in [2.75, 3.05) is 5.32 Å². The summed E-state index contributed by atoms with van der Waals surface area (Å²) in [4.78, 5) is 0. The van der Waals surface area contributed by atoms with Crippen LogP contribution in [0, 0.1) is 11.6 Å². The summed E-state index contributed by atoms with van der Waals surface area (Å²) in [7, 11) is 0. The van der Waals surface area contributed by atoms with Crippen LogP contribution < -0.4 is 5.32 Å². The van der Waals surface area contributed by atoms with E-state index in [4.69, 9.17) is 11.6 Å². The number of rotatable bonds is 2. The van der Waals surface area contributed by atoms with E-state index in [0.29, 0.717) is 5.69 Å². The first-order valence-corrected chi connectivity index (χ1v) is 4.29. The van der Waals surface area contributed by atoms with Crippen molar-refractivity contribution in [3.05, 3.63) is 28.8 Å². The van der Waals surface area contributed by atoms with Gasteiger partial charge >= 0.3 is 0 Å². The Bertz CT molecular complexity index is 313. The van der Waals surface area contributed by atoms with E-state index in [2.05, 4.69) is 5.32 Å². The highest BCUT2D eigenvalue weighted by Crippen LogP contribution is 2.25. The maximum absolute atomic E-state index is 12.7. The van der Waals surface area contributed by atoms with Crippen molar-refractivity contribution in [3.8, 4) is 0 Å². The van der Waals surface area contributed by atoms with Crippen LogP contribution in [0.4, 0.5) is 14.5 Å². The molecular weight excluding hydrogens is 196 g/mol. The molecule has 4 heteroatoms. The number of hydrogen-bond donors (Lipinski definition) is 1. The second kappa shape index (κ2) is 3.92. The molecule has 1 rings (SSSR count). The SMILES string of the molecule is CC(C)Nc1cc(F)c(F)cc1Cl. The Labute approximate surface area is 80.7 Å². The second-order valence-corrected chi connectivity index (χ2v) is 3.45. The summed E-state index contributed by atoms with van der Waals surface area (Å²) in [5.41, 5.74) is 0.413. The van der Waals surface area contributed by atoms with Crippen molar-refractivity contribution in [1.82, 2.24) is 0 Å². The molecule has 0 unspecified atom stereocenters. The molecule has 0 heterocycles. The van der Waals surface area contributed by atoms with Crippen molar-refractivity contribution in [2.24, 2.45) is 0 Å². The number of nitrogens with one attached hydrogen (secondary N) is 1. The molecule has 0 saturated carbocycles. The van der Waals surface area contributed by atoms with Gasteiger partial charge in [-0.25, -0.2) is 8.78 Å². The van der Waals surface area contributed by atoms with Crippen molar-refractivity contribution >= 4 is 17.3 Å². The van der Waals surface area contributed by atoms with Gasteiger partial charge in [-0.3, -0.25) is 0 Å². The molecule has 0 bridgehead atoms. The van der Waals surface area contributed by atoms with E-state index < -0.39 is 11.6 Å². The third-order valence-electron chi connectivity index (χ3n) is 1.45. The summed E-state index contributed by atoms with van der Waals surface area (Å²) < 4.78 is 25.3. The van der Waals surface area contributed by atoms with Gasteiger partial charge in [0, 0.05) is 12.1 Å². The quantitative estimate of drug-likeness (QED) is 0.730. The summed E-state index contributed by atoms with van der Waals surface area (Å²) in [6.07, 6.45) is 0. The first-order chi connectivity index (χ1) is 6.00. The standard InChI is InChI=1S/C9H10ClF2N/c1-5(2)13-9-4-8(12)7(11)3-6(9)10/h3-5,13H,1-2H3. The van der Waals surface area contributed by atoms with E-state index in [1.165, 1.54) is 0 Å². The fourth-order valence-corrected chi connectivity index (χ4v) is 1.15. The minimum Gasteiger partial charge on any atom is -0.382 e. The van der Waals surface area contributed by atoms with Crippen molar-refractivity contribution < 1.29 is 8.78 Å². The fraction of sp³-hybridized carbons (Fsp3) is 0.333. The molecule has 0 fully saturated rings. The van der Waals surface area contributed by atoms with E-state index in [9.17, 15) is 8.78 Å². The molecule has 0 aliphatic heterocycles. The molecule has 0 saturated heterocycles. The minimum atomic E-state index is -0.931. The van der Waals surface area contributed by atoms with Gasteiger partial charge in [0.25, 0.3) is 0 Å². The van der Waals surface area contributed by atoms with Gasteiger partial charge in [0.15, 0.2) is 11.6 Å². The number of hydrogen-bond acceptors (Lipinski definition) is 1. The van der Waals surface area contributed by atoms with Crippen molar-refractivity contribution in [2.45, 2.75) is 19.9 Å². The summed E-state index contributed by atoms with van der Waals surface area (Å²) >= 11 is 5.68. The van der Waals surface area contributed by atoms with Crippen molar-refractivity contribution in [1.29, 1.82) is 0 Å².